The second-order valence-electron chi connectivity index (χ2n) is 5.96. The fourth-order valence-electron chi connectivity index (χ4n) is 2.58. The Morgan fingerprint density at radius 1 is 1.04 bits per heavy atom. The van der Waals surface area contributed by atoms with Crippen molar-refractivity contribution in [1.29, 1.82) is 0 Å². The Labute approximate surface area is 160 Å². The molecular weight excluding hydrogens is 395 g/mol. The van der Waals surface area contributed by atoms with Crippen molar-refractivity contribution in [2.45, 2.75) is 23.0 Å². The number of hydrogen-bond acceptors (Lipinski definition) is 4. The molecule has 28 heavy (non-hydrogen) atoms. The van der Waals surface area contributed by atoms with Crippen LogP contribution in [0.4, 0.5) is 13.2 Å². The molecule has 0 bridgehead atoms. The summed E-state index contributed by atoms with van der Waals surface area (Å²) in [6, 6.07) is 14.3. The van der Waals surface area contributed by atoms with Gasteiger partial charge in [0.2, 0.25) is 15.6 Å². The first kappa shape index (κ1) is 21.6. The maximum absolute atomic E-state index is 14.1. The highest BCUT2D eigenvalue weighted by molar-refractivity contribution is 7.89. The summed E-state index contributed by atoms with van der Waals surface area (Å²) in [5.74, 6) is -1.78. The van der Waals surface area contributed by atoms with E-state index in [0.717, 1.165) is 19.2 Å². The van der Waals surface area contributed by atoms with Gasteiger partial charge in [-0.2, -0.15) is 17.9 Å². The number of nitrogens with one attached hydrogen (secondary N) is 1. The van der Waals surface area contributed by atoms with Gasteiger partial charge >= 0.3 is 12.1 Å². The van der Waals surface area contributed by atoms with E-state index in [4.69, 9.17) is 0 Å². The molecule has 1 N–H and O–H groups in total. The van der Waals surface area contributed by atoms with Gasteiger partial charge in [0.1, 0.15) is 0 Å². The van der Waals surface area contributed by atoms with E-state index < -0.39 is 39.0 Å². The van der Waals surface area contributed by atoms with E-state index in [1.54, 1.807) is 18.2 Å². The predicted octanol–water partition coefficient (Wildman–Crippen LogP) is 3.54. The highest BCUT2D eigenvalue weighted by Gasteiger charge is 2.63. The summed E-state index contributed by atoms with van der Waals surface area (Å²) in [4.78, 5) is 11.8. The number of carbonyl (C=O) groups is 1. The summed E-state index contributed by atoms with van der Waals surface area (Å²) >= 11 is 0. The third-order valence-corrected chi connectivity index (χ3v) is 5.55. The molecule has 5 nitrogen and oxygen atoms in total. The molecule has 2 rings (SSSR count). The van der Waals surface area contributed by atoms with E-state index in [-0.39, 0.29) is 5.57 Å². The summed E-state index contributed by atoms with van der Waals surface area (Å²) in [5.41, 5.74) is -3.29. The number of methoxy groups -OCH3 is 1. The summed E-state index contributed by atoms with van der Waals surface area (Å²) < 4.78 is 73.2. The predicted molar refractivity (Wildman–Crippen MR) is 97.7 cm³/mol. The number of alkyl halides is 3. The van der Waals surface area contributed by atoms with Crippen LogP contribution in [0, 0.1) is 0 Å². The van der Waals surface area contributed by atoms with E-state index in [0.29, 0.717) is 5.56 Å². The molecule has 0 saturated heterocycles. The zero-order valence-corrected chi connectivity index (χ0v) is 15.7. The number of esters is 1. The average Bonchev–Trinajstić information content (AvgIpc) is 2.67. The highest BCUT2D eigenvalue weighted by Crippen LogP contribution is 2.39. The van der Waals surface area contributed by atoms with Gasteiger partial charge in [-0.05, 0) is 23.3 Å². The Hall–Kier alpha value is -2.65. The Kier molecular flexibility index (Phi) is 6.30. The van der Waals surface area contributed by atoms with E-state index in [2.05, 4.69) is 11.3 Å². The molecule has 0 amide bonds. The Morgan fingerprint density at radius 2 is 1.54 bits per heavy atom. The number of carbonyl (C=O) groups excluding carboxylic acids is 1. The summed E-state index contributed by atoms with van der Waals surface area (Å²) in [6.07, 6.45) is -6.35. The third kappa shape index (κ3) is 4.42. The fourth-order valence-corrected chi connectivity index (χ4v) is 3.95. The van der Waals surface area contributed by atoms with Crippen LogP contribution in [-0.4, -0.2) is 33.2 Å². The number of rotatable bonds is 7. The van der Waals surface area contributed by atoms with Crippen LogP contribution in [0.15, 0.2) is 72.1 Å². The van der Waals surface area contributed by atoms with Crippen LogP contribution in [0.3, 0.4) is 0 Å². The van der Waals surface area contributed by atoms with Crippen molar-refractivity contribution >= 4 is 21.6 Å². The van der Waals surface area contributed by atoms with Crippen LogP contribution in [0.5, 0.6) is 0 Å². The molecular formula is C19H18F3NO4S. The number of hydrogen-bond donors (Lipinski definition) is 1. The molecule has 0 aliphatic heterocycles. The molecule has 0 aliphatic carbocycles. The van der Waals surface area contributed by atoms with Crippen molar-refractivity contribution in [3.05, 3.63) is 72.8 Å². The van der Waals surface area contributed by atoms with Crippen molar-refractivity contribution in [1.82, 2.24) is 4.72 Å². The van der Waals surface area contributed by atoms with Crippen LogP contribution in [0.1, 0.15) is 12.0 Å². The first-order chi connectivity index (χ1) is 13.0. The van der Waals surface area contributed by atoms with Gasteiger partial charge in [0.15, 0.2) is 0 Å². The van der Waals surface area contributed by atoms with Crippen molar-refractivity contribution in [3.63, 3.8) is 0 Å². The third-order valence-electron chi connectivity index (χ3n) is 4.04. The molecule has 2 aromatic carbocycles. The second-order valence-corrected chi connectivity index (χ2v) is 7.64. The van der Waals surface area contributed by atoms with E-state index in [9.17, 15) is 26.4 Å². The van der Waals surface area contributed by atoms with E-state index in [1.165, 1.54) is 35.1 Å². The normalized spacial score (nSPS) is 14.1. The Balaban J connectivity index is 2.55. The number of sulfonamides is 1. The number of benzene rings is 2. The van der Waals surface area contributed by atoms with E-state index in [1.807, 2.05) is 0 Å². The van der Waals surface area contributed by atoms with Gasteiger partial charge in [-0.15, -0.1) is 0 Å². The maximum Gasteiger partial charge on any atom is 0.418 e. The lowest BCUT2D eigenvalue weighted by Gasteiger charge is -2.34. The second kappa shape index (κ2) is 8.15. The van der Waals surface area contributed by atoms with Crippen LogP contribution in [0.25, 0.3) is 5.57 Å². The van der Waals surface area contributed by atoms with E-state index >= 15 is 0 Å². The van der Waals surface area contributed by atoms with Crippen molar-refractivity contribution in [3.8, 4) is 0 Å². The topological polar surface area (TPSA) is 72.5 Å². The molecule has 0 heterocycles. The average molecular weight is 413 g/mol. The number of halogens is 3. The molecule has 0 aliphatic rings. The van der Waals surface area contributed by atoms with Crippen molar-refractivity contribution in [2.24, 2.45) is 0 Å². The molecule has 1 atom stereocenters. The molecule has 0 saturated carbocycles. The largest absolute Gasteiger partial charge is 0.467 e. The van der Waals surface area contributed by atoms with Gasteiger partial charge in [-0.1, -0.05) is 55.1 Å². The smallest absolute Gasteiger partial charge is 0.418 e. The lowest BCUT2D eigenvalue weighted by atomic mass is 9.88. The quantitative estimate of drug-likeness (QED) is 0.705. The fraction of sp³-hybridized carbons (Fsp3) is 0.211. The number of ether oxygens (including phenoxy) is 1. The van der Waals surface area contributed by atoms with Crippen LogP contribution in [-0.2, 0) is 19.6 Å². The van der Waals surface area contributed by atoms with Gasteiger partial charge < -0.3 is 4.74 Å². The minimum atomic E-state index is -5.29. The van der Waals surface area contributed by atoms with Gasteiger partial charge in [0.05, 0.1) is 12.0 Å². The Bertz CT molecular complexity index is 944. The molecule has 0 aromatic heterocycles. The standard InChI is InChI=1S/C19H18F3NO4S/c1-14(15-9-5-3-6-10-15)13-18(17(24)27-2,19(20,21)22)23-28(25,26)16-11-7-4-8-12-16/h3-12,23H,1,13H2,2H3/t18-/m0/s1. The lowest BCUT2D eigenvalue weighted by molar-refractivity contribution is -0.206. The van der Waals surface area contributed by atoms with Crippen molar-refractivity contribution < 1.29 is 31.1 Å². The maximum atomic E-state index is 14.1. The minimum Gasteiger partial charge on any atom is -0.467 e. The summed E-state index contributed by atoms with van der Waals surface area (Å²) in [7, 11) is -3.94. The molecule has 150 valence electrons. The summed E-state index contributed by atoms with van der Waals surface area (Å²) in [5, 5.41) is 0. The van der Waals surface area contributed by atoms with Gasteiger partial charge in [-0.3, -0.25) is 0 Å². The molecule has 0 radical (unpaired) electrons. The van der Waals surface area contributed by atoms with Gasteiger partial charge in [0.25, 0.3) is 0 Å². The monoisotopic (exact) mass is 413 g/mol. The minimum absolute atomic E-state index is 0.0842. The summed E-state index contributed by atoms with van der Waals surface area (Å²) in [6.45, 7) is 3.60. The molecule has 9 heteroatoms. The van der Waals surface area contributed by atoms with Gasteiger partial charge in [-0.25, -0.2) is 13.2 Å². The first-order valence-electron chi connectivity index (χ1n) is 8.01. The molecule has 0 fully saturated rings. The molecule has 0 unspecified atom stereocenters. The molecule has 0 spiro atoms. The van der Waals surface area contributed by atoms with Crippen LogP contribution < -0.4 is 4.72 Å². The first-order valence-corrected chi connectivity index (χ1v) is 9.49. The van der Waals surface area contributed by atoms with Crippen LogP contribution >= 0.6 is 0 Å². The zero-order valence-electron chi connectivity index (χ0n) is 14.9. The van der Waals surface area contributed by atoms with Crippen molar-refractivity contribution in [2.75, 3.05) is 7.11 Å². The van der Waals surface area contributed by atoms with Crippen LogP contribution in [0.2, 0.25) is 0 Å². The highest BCUT2D eigenvalue weighted by atomic mass is 32.2. The Morgan fingerprint density at radius 3 is 2.00 bits per heavy atom. The SMILES string of the molecule is C=C(C[C@](NS(=O)(=O)c1ccccc1)(C(=O)OC)C(F)(F)F)c1ccccc1. The van der Waals surface area contributed by atoms with Gasteiger partial charge in [0, 0.05) is 6.42 Å². The molecule has 2 aromatic rings. The lowest BCUT2D eigenvalue weighted by Crippen LogP contribution is -2.64. The zero-order chi connectivity index (χ0) is 21.0.